The second-order valence-electron chi connectivity index (χ2n) is 5.02. The molecule has 0 spiro atoms. The summed E-state index contributed by atoms with van der Waals surface area (Å²) in [6.45, 7) is 11.6. The van der Waals surface area contributed by atoms with Crippen molar-refractivity contribution in [3.63, 3.8) is 0 Å². The predicted octanol–water partition coefficient (Wildman–Crippen LogP) is 4.34. The van der Waals surface area contributed by atoms with E-state index in [1.807, 2.05) is 0 Å². The molecule has 0 radical (unpaired) electrons. The third kappa shape index (κ3) is 3.12. The second kappa shape index (κ2) is 5.96. The van der Waals surface area contributed by atoms with Gasteiger partial charge < -0.3 is 5.32 Å². The molecule has 0 saturated carbocycles. The van der Waals surface area contributed by atoms with Gasteiger partial charge in [-0.15, -0.1) is 21.5 Å². The highest BCUT2D eigenvalue weighted by Gasteiger charge is 2.20. The van der Waals surface area contributed by atoms with Gasteiger partial charge in [0.05, 0.1) is 15.6 Å². The van der Waals surface area contributed by atoms with Crippen LogP contribution >= 0.6 is 22.7 Å². The van der Waals surface area contributed by atoms with Gasteiger partial charge in [0.15, 0.2) is 5.01 Å². The van der Waals surface area contributed by atoms with Gasteiger partial charge >= 0.3 is 0 Å². The highest BCUT2D eigenvalue weighted by atomic mass is 32.1. The van der Waals surface area contributed by atoms with E-state index in [1.165, 1.54) is 9.88 Å². The van der Waals surface area contributed by atoms with Crippen molar-refractivity contribution in [2.75, 3.05) is 11.9 Å². The van der Waals surface area contributed by atoms with Gasteiger partial charge in [-0.3, -0.25) is 0 Å². The fourth-order valence-corrected chi connectivity index (χ4v) is 3.79. The quantitative estimate of drug-likeness (QED) is 0.891. The summed E-state index contributed by atoms with van der Waals surface area (Å²) >= 11 is 3.35. The average molecular weight is 296 g/mol. The number of rotatable bonds is 5. The van der Waals surface area contributed by atoms with Crippen LogP contribution in [0, 0.1) is 0 Å². The number of hydrogen-bond donors (Lipinski definition) is 1. The van der Waals surface area contributed by atoms with Crippen molar-refractivity contribution >= 4 is 27.8 Å². The standard InChI is InChI=1S/C13H20N4S2/c1-6-14-13-17-16-12(19-13)10-9(7(2)3)15-11(18-10)8(4)5/h7-8H,6H2,1-5H3,(H,14,17). The third-order valence-corrected chi connectivity index (χ3v) is 5.06. The topological polar surface area (TPSA) is 50.7 Å². The maximum absolute atomic E-state index is 4.78. The van der Waals surface area contributed by atoms with Crippen LogP contribution in [0.1, 0.15) is 57.2 Å². The van der Waals surface area contributed by atoms with Crippen molar-refractivity contribution in [1.82, 2.24) is 15.2 Å². The predicted molar refractivity (Wildman–Crippen MR) is 83.4 cm³/mol. The number of nitrogens with one attached hydrogen (secondary N) is 1. The molecule has 0 atom stereocenters. The molecule has 2 heterocycles. The molecule has 6 heteroatoms. The lowest BCUT2D eigenvalue weighted by Gasteiger charge is -2.01. The Balaban J connectivity index is 2.41. The Bertz CT molecular complexity index is 543. The number of nitrogens with zero attached hydrogens (tertiary/aromatic N) is 3. The summed E-state index contributed by atoms with van der Waals surface area (Å²) in [5.74, 6) is 0.864. The zero-order valence-corrected chi connectivity index (χ0v) is 13.7. The van der Waals surface area contributed by atoms with Crippen LogP contribution in [-0.4, -0.2) is 21.7 Å². The van der Waals surface area contributed by atoms with Crippen LogP contribution in [0.15, 0.2) is 0 Å². The van der Waals surface area contributed by atoms with Crippen molar-refractivity contribution in [2.24, 2.45) is 0 Å². The summed E-state index contributed by atoms with van der Waals surface area (Å²) < 4.78 is 0. The smallest absolute Gasteiger partial charge is 0.206 e. The molecule has 2 aromatic rings. The van der Waals surface area contributed by atoms with E-state index < -0.39 is 0 Å². The van der Waals surface area contributed by atoms with Crippen LogP contribution in [0.3, 0.4) is 0 Å². The van der Waals surface area contributed by atoms with Crippen LogP contribution in [0.2, 0.25) is 0 Å². The molecule has 1 N–H and O–H groups in total. The minimum atomic E-state index is 0.408. The number of thiazole rings is 1. The molecule has 0 aliphatic heterocycles. The summed E-state index contributed by atoms with van der Waals surface area (Å²) in [7, 11) is 0. The lowest BCUT2D eigenvalue weighted by Crippen LogP contribution is -1.94. The normalized spacial score (nSPS) is 11.5. The zero-order valence-electron chi connectivity index (χ0n) is 12.0. The van der Waals surface area contributed by atoms with Crippen LogP contribution in [0.4, 0.5) is 5.13 Å². The minimum Gasteiger partial charge on any atom is -0.360 e. The van der Waals surface area contributed by atoms with Gasteiger partial charge in [-0.05, 0) is 12.8 Å². The summed E-state index contributed by atoms with van der Waals surface area (Å²) in [4.78, 5) is 5.96. The summed E-state index contributed by atoms with van der Waals surface area (Å²) in [5, 5.41) is 14.7. The molecule has 0 fully saturated rings. The fourth-order valence-electron chi connectivity index (χ4n) is 1.68. The van der Waals surface area contributed by atoms with E-state index >= 15 is 0 Å². The van der Waals surface area contributed by atoms with Crippen LogP contribution in [0.5, 0.6) is 0 Å². The van der Waals surface area contributed by atoms with Crippen molar-refractivity contribution in [3.05, 3.63) is 10.7 Å². The van der Waals surface area contributed by atoms with Gasteiger partial charge in [-0.25, -0.2) is 4.98 Å². The first-order valence-corrected chi connectivity index (χ1v) is 8.24. The van der Waals surface area contributed by atoms with Crippen molar-refractivity contribution < 1.29 is 0 Å². The highest BCUT2D eigenvalue weighted by Crippen LogP contribution is 2.38. The van der Waals surface area contributed by atoms with E-state index in [0.717, 1.165) is 22.4 Å². The zero-order chi connectivity index (χ0) is 14.0. The molecule has 0 unspecified atom stereocenters. The van der Waals surface area contributed by atoms with Crippen LogP contribution in [-0.2, 0) is 0 Å². The summed E-state index contributed by atoms with van der Waals surface area (Å²) in [6, 6.07) is 0. The molecule has 2 rings (SSSR count). The van der Waals surface area contributed by atoms with Gasteiger partial charge in [0.1, 0.15) is 0 Å². The largest absolute Gasteiger partial charge is 0.360 e. The lowest BCUT2D eigenvalue weighted by atomic mass is 10.1. The SMILES string of the molecule is CCNc1nnc(-c2sc(C(C)C)nc2C(C)C)s1. The molecule has 0 bridgehead atoms. The van der Waals surface area contributed by atoms with E-state index in [-0.39, 0.29) is 0 Å². The molecular formula is C13H20N4S2. The Kier molecular flexibility index (Phi) is 4.52. The molecule has 19 heavy (non-hydrogen) atoms. The molecule has 0 saturated heterocycles. The fraction of sp³-hybridized carbons (Fsp3) is 0.615. The molecule has 4 nitrogen and oxygen atoms in total. The first-order valence-electron chi connectivity index (χ1n) is 6.61. The first kappa shape index (κ1) is 14.4. The number of anilines is 1. The Hall–Kier alpha value is -1.01. The molecule has 0 amide bonds. The van der Waals surface area contributed by atoms with E-state index in [0.29, 0.717) is 11.8 Å². The Morgan fingerprint density at radius 3 is 2.37 bits per heavy atom. The van der Waals surface area contributed by atoms with Gasteiger partial charge in [-0.1, -0.05) is 39.0 Å². The highest BCUT2D eigenvalue weighted by molar-refractivity contribution is 7.23. The van der Waals surface area contributed by atoms with E-state index in [4.69, 9.17) is 4.98 Å². The molecule has 104 valence electrons. The van der Waals surface area contributed by atoms with Gasteiger partial charge in [0.2, 0.25) is 5.13 Å². The molecule has 0 aliphatic rings. The summed E-state index contributed by atoms with van der Waals surface area (Å²) in [5.41, 5.74) is 1.15. The van der Waals surface area contributed by atoms with E-state index in [9.17, 15) is 0 Å². The van der Waals surface area contributed by atoms with Crippen molar-refractivity contribution in [2.45, 2.75) is 46.5 Å². The maximum Gasteiger partial charge on any atom is 0.206 e. The molecule has 0 aromatic carbocycles. The molecular weight excluding hydrogens is 276 g/mol. The number of hydrogen-bond acceptors (Lipinski definition) is 6. The molecule has 2 aromatic heterocycles. The second-order valence-corrected chi connectivity index (χ2v) is 7.03. The lowest BCUT2D eigenvalue weighted by molar-refractivity contribution is 0.793. The van der Waals surface area contributed by atoms with Crippen molar-refractivity contribution in [3.8, 4) is 9.88 Å². The summed E-state index contributed by atoms with van der Waals surface area (Å²) in [6.07, 6.45) is 0. The van der Waals surface area contributed by atoms with Gasteiger partial charge in [-0.2, -0.15) is 0 Å². The Morgan fingerprint density at radius 2 is 1.79 bits per heavy atom. The van der Waals surface area contributed by atoms with E-state index in [2.05, 4.69) is 50.1 Å². The number of aromatic nitrogens is 3. The Labute approximate surface area is 122 Å². The van der Waals surface area contributed by atoms with Gasteiger partial charge in [0.25, 0.3) is 0 Å². The Morgan fingerprint density at radius 1 is 1.05 bits per heavy atom. The molecule has 0 aliphatic carbocycles. The monoisotopic (exact) mass is 296 g/mol. The van der Waals surface area contributed by atoms with Crippen LogP contribution in [0.25, 0.3) is 9.88 Å². The average Bonchev–Trinajstić information content (AvgIpc) is 2.94. The van der Waals surface area contributed by atoms with E-state index in [1.54, 1.807) is 22.7 Å². The third-order valence-electron chi connectivity index (χ3n) is 2.66. The van der Waals surface area contributed by atoms with Crippen LogP contribution < -0.4 is 5.32 Å². The van der Waals surface area contributed by atoms with Crippen molar-refractivity contribution in [1.29, 1.82) is 0 Å². The first-order chi connectivity index (χ1) is 9.02. The minimum absolute atomic E-state index is 0.408. The maximum atomic E-state index is 4.78. The van der Waals surface area contributed by atoms with Gasteiger partial charge in [0, 0.05) is 12.5 Å².